The predicted octanol–water partition coefficient (Wildman–Crippen LogP) is -1.59. The van der Waals surface area contributed by atoms with E-state index in [2.05, 4.69) is 10.6 Å². The molecule has 0 aliphatic heterocycles. The Labute approximate surface area is 180 Å². The number of nitrogens with one attached hydrogen (secondary N) is 3. The summed E-state index contributed by atoms with van der Waals surface area (Å²) in [4.78, 5) is 59.4. The quantitative estimate of drug-likeness (QED) is 0.174. The molecule has 12 heteroatoms. The average Bonchev–Trinajstić information content (AvgIpc) is 2.61. The highest BCUT2D eigenvalue weighted by molar-refractivity contribution is 5.95. The van der Waals surface area contributed by atoms with Gasteiger partial charge in [0, 0.05) is 0 Å². The van der Waals surface area contributed by atoms with Crippen LogP contribution in [-0.2, 0) is 24.0 Å². The van der Waals surface area contributed by atoms with Crippen LogP contribution in [0.15, 0.2) is 0 Å². The molecule has 0 aliphatic carbocycles. The van der Waals surface area contributed by atoms with E-state index in [1.807, 2.05) is 19.2 Å². The third-order valence-electron chi connectivity index (χ3n) is 4.36. The van der Waals surface area contributed by atoms with Crippen molar-refractivity contribution in [2.75, 3.05) is 0 Å². The van der Waals surface area contributed by atoms with Crippen molar-refractivity contribution >= 4 is 29.7 Å². The normalized spacial score (nSPS) is 16.0. The molecule has 0 aromatic carbocycles. The second-order valence-electron chi connectivity index (χ2n) is 8.19. The fourth-order valence-corrected chi connectivity index (χ4v) is 2.69. The number of aliphatic hydroxyl groups excluding tert-OH is 1. The van der Waals surface area contributed by atoms with Crippen LogP contribution in [0, 0.1) is 11.8 Å². The largest absolute Gasteiger partial charge is 0.481 e. The zero-order chi connectivity index (χ0) is 24.5. The molecule has 0 fully saturated rings. The second kappa shape index (κ2) is 12.8. The maximum atomic E-state index is 12.7. The number of carboxylic acids is 2. The predicted molar refractivity (Wildman–Crippen MR) is 110 cm³/mol. The molecule has 0 spiro atoms. The lowest BCUT2D eigenvalue weighted by Crippen LogP contribution is -2.61. The Morgan fingerprint density at radius 3 is 1.68 bits per heavy atom. The number of hydrogen-bond donors (Lipinski definition) is 7. The first kappa shape index (κ1) is 28.3. The van der Waals surface area contributed by atoms with Gasteiger partial charge >= 0.3 is 11.9 Å². The van der Waals surface area contributed by atoms with Crippen molar-refractivity contribution in [2.45, 2.75) is 77.7 Å². The standard InChI is InChI=1S/C19H34N4O8/c1-8(2)6-11(20)16(27)22-14(9(3)4)17(28)23-15(10(5)24)18(29)21-12(19(30)31)7-13(25)26/h8-12,14-15,24H,6-7,20H2,1-5H3,(H,21,29)(H,22,27)(H,23,28)(H,25,26)(H,30,31). The minimum atomic E-state index is -1.75. The molecule has 0 aliphatic rings. The highest BCUT2D eigenvalue weighted by Crippen LogP contribution is 2.07. The van der Waals surface area contributed by atoms with Crippen molar-refractivity contribution in [2.24, 2.45) is 17.6 Å². The molecule has 0 bridgehead atoms. The van der Waals surface area contributed by atoms with E-state index in [4.69, 9.17) is 15.9 Å². The minimum Gasteiger partial charge on any atom is -0.481 e. The van der Waals surface area contributed by atoms with Gasteiger partial charge in [0.25, 0.3) is 0 Å². The topological polar surface area (TPSA) is 208 Å². The van der Waals surface area contributed by atoms with Gasteiger partial charge in [-0.2, -0.15) is 0 Å². The summed E-state index contributed by atoms with van der Waals surface area (Å²) in [7, 11) is 0. The summed E-state index contributed by atoms with van der Waals surface area (Å²) in [6.45, 7) is 8.28. The maximum Gasteiger partial charge on any atom is 0.326 e. The average molecular weight is 447 g/mol. The van der Waals surface area contributed by atoms with E-state index in [-0.39, 0.29) is 5.92 Å². The lowest BCUT2D eigenvalue weighted by atomic mass is 9.99. The van der Waals surface area contributed by atoms with E-state index in [9.17, 15) is 29.1 Å². The molecule has 8 N–H and O–H groups in total. The van der Waals surface area contributed by atoms with E-state index in [1.54, 1.807) is 13.8 Å². The Bertz CT molecular complexity index is 665. The van der Waals surface area contributed by atoms with Gasteiger partial charge < -0.3 is 37.0 Å². The Morgan fingerprint density at radius 2 is 1.29 bits per heavy atom. The Hall–Kier alpha value is -2.73. The molecule has 12 nitrogen and oxygen atoms in total. The van der Waals surface area contributed by atoms with Crippen molar-refractivity contribution in [3.63, 3.8) is 0 Å². The van der Waals surface area contributed by atoms with Crippen molar-refractivity contribution < 1.29 is 39.3 Å². The first-order valence-electron chi connectivity index (χ1n) is 9.96. The Morgan fingerprint density at radius 1 is 0.806 bits per heavy atom. The molecule has 0 saturated carbocycles. The number of nitrogens with two attached hydrogens (primary N) is 1. The SMILES string of the molecule is CC(C)CC(N)C(=O)NC(C(=O)NC(C(=O)NC(CC(=O)O)C(=O)O)C(C)O)C(C)C. The molecule has 0 heterocycles. The summed E-state index contributed by atoms with van der Waals surface area (Å²) in [5, 5.41) is 34.5. The van der Waals surface area contributed by atoms with Gasteiger partial charge in [-0.05, 0) is 25.2 Å². The first-order chi connectivity index (χ1) is 14.2. The highest BCUT2D eigenvalue weighted by Gasteiger charge is 2.34. The lowest BCUT2D eigenvalue weighted by Gasteiger charge is -2.28. The van der Waals surface area contributed by atoms with E-state index < -0.39 is 72.3 Å². The number of aliphatic hydroxyl groups is 1. The third kappa shape index (κ3) is 10.2. The summed E-state index contributed by atoms with van der Waals surface area (Å²) >= 11 is 0. The van der Waals surface area contributed by atoms with Crippen LogP contribution in [0.1, 0.15) is 47.5 Å². The fourth-order valence-electron chi connectivity index (χ4n) is 2.69. The van der Waals surface area contributed by atoms with Gasteiger partial charge in [0.15, 0.2) is 0 Å². The molecular weight excluding hydrogens is 412 g/mol. The molecule has 0 radical (unpaired) electrons. The van der Waals surface area contributed by atoms with Gasteiger partial charge in [-0.3, -0.25) is 19.2 Å². The van der Waals surface area contributed by atoms with Crippen LogP contribution in [0.4, 0.5) is 0 Å². The van der Waals surface area contributed by atoms with Crippen LogP contribution < -0.4 is 21.7 Å². The summed E-state index contributed by atoms with van der Waals surface area (Å²) in [5.41, 5.74) is 5.84. The summed E-state index contributed by atoms with van der Waals surface area (Å²) in [6.07, 6.45) is -1.92. The lowest BCUT2D eigenvalue weighted by molar-refractivity contribution is -0.148. The van der Waals surface area contributed by atoms with E-state index in [0.29, 0.717) is 6.42 Å². The van der Waals surface area contributed by atoms with Crippen LogP contribution in [-0.4, -0.2) is 75.3 Å². The van der Waals surface area contributed by atoms with Gasteiger partial charge in [-0.15, -0.1) is 0 Å². The molecule has 5 unspecified atom stereocenters. The third-order valence-corrected chi connectivity index (χ3v) is 4.36. The first-order valence-corrected chi connectivity index (χ1v) is 9.96. The monoisotopic (exact) mass is 446 g/mol. The van der Waals surface area contributed by atoms with Crippen molar-refractivity contribution in [3.8, 4) is 0 Å². The number of amides is 3. The molecule has 0 aromatic heterocycles. The van der Waals surface area contributed by atoms with E-state index >= 15 is 0 Å². The number of hydrogen-bond acceptors (Lipinski definition) is 7. The van der Waals surface area contributed by atoms with Crippen LogP contribution in [0.5, 0.6) is 0 Å². The van der Waals surface area contributed by atoms with Crippen LogP contribution >= 0.6 is 0 Å². The van der Waals surface area contributed by atoms with E-state index in [0.717, 1.165) is 0 Å². The molecule has 3 amide bonds. The van der Waals surface area contributed by atoms with Crippen molar-refractivity contribution in [1.82, 2.24) is 16.0 Å². The van der Waals surface area contributed by atoms with Gasteiger partial charge in [0.05, 0.1) is 18.6 Å². The molecule has 178 valence electrons. The summed E-state index contributed by atoms with van der Waals surface area (Å²) in [5.74, 6) is -5.69. The number of carbonyl (C=O) groups is 5. The molecule has 0 rings (SSSR count). The smallest absolute Gasteiger partial charge is 0.326 e. The zero-order valence-corrected chi connectivity index (χ0v) is 18.4. The number of rotatable bonds is 13. The summed E-state index contributed by atoms with van der Waals surface area (Å²) in [6, 6.07) is -5.24. The van der Waals surface area contributed by atoms with Gasteiger partial charge in [0.1, 0.15) is 18.1 Å². The Balaban J connectivity index is 5.36. The zero-order valence-electron chi connectivity index (χ0n) is 18.4. The summed E-state index contributed by atoms with van der Waals surface area (Å²) < 4.78 is 0. The van der Waals surface area contributed by atoms with E-state index in [1.165, 1.54) is 6.92 Å². The van der Waals surface area contributed by atoms with Gasteiger partial charge in [0.2, 0.25) is 17.7 Å². The minimum absolute atomic E-state index is 0.156. The molecule has 31 heavy (non-hydrogen) atoms. The fraction of sp³-hybridized carbons (Fsp3) is 0.737. The number of aliphatic carboxylic acids is 2. The number of carboxylic acid groups (broad SMARTS) is 2. The number of carbonyl (C=O) groups excluding carboxylic acids is 3. The van der Waals surface area contributed by atoms with Crippen LogP contribution in [0.2, 0.25) is 0 Å². The second-order valence-corrected chi connectivity index (χ2v) is 8.19. The van der Waals surface area contributed by atoms with Crippen molar-refractivity contribution in [1.29, 1.82) is 0 Å². The van der Waals surface area contributed by atoms with Gasteiger partial charge in [-0.1, -0.05) is 27.7 Å². The maximum absolute atomic E-state index is 12.7. The van der Waals surface area contributed by atoms with Crippen LogP contribution in [0.25, 0.3) is 0 Å². The Kier molecular flexibility index (Phi) is 11.7. The molecule has 0 saturated heterocycles. The molecule has 0 aromatic rings. The highest BCUT2D eigenvalue weighted by atomic mass is 16.4. The van der Waals surface area contributed by atoms with Crippen molar-refractivity contribution in [3.05, 3.63) is 0 Å². The molecular formula is C19H34N4O8. The molecule has 5 atom stereocenters. The van der Waals surface area contributed by atoms with Gasteiger partial charge in [-0.25, -0.2) is 4.79 Å². The van der Waals surface area contributed by atoms with Crippen LogP contribution in [0.3, 0.4) is 0 Å².